The Labute approximate surface area is 114 Å². The van der Waals surface area contributed by atoms with E-state index in [0.717, 1.165) is 16.0 Å². The smallest absolute Gasteiger partial charge is 0.119 e. The van der Waals surface area contributed by atoms with Gasteiger partial charge in [-0.05, 0) is 35.9 Å². The molecule has 0 unspecified atom stereocenters. The molecule has 3 heteroatoms. The van der Waals surface area contributed by atoms with Gasteiger partial charge in [0.15, 0.2) is 0 Å². The largest absolute Gasteiger partial charge is 0.497 e. The van der Waals surface area contributed by atoms with Gasteiger partial charge in [-0.3, -0.25) is 0 Å². The zero-order chi connectivity index (χ0) is 12.1. The monoisotopic (exact) mass is 308 g/mol. The highest BCUT2D eigenvalue weighted by molar-refractivity contribution is 9.10. The predicted molar refractivity (Wildman–Crippen MR) is 76.7 cm³/mol. The minimum atomic E-state index is 0.908. The molecule has 0 spiro atoms. The second-order valence-electron chi connectivity index (χ2n) is 3.59. The number of thioether (sulfide) groups is 1. The number of hydrogen-bond acceptors (Lipinski definition) is 2. The molecule has 2 rings (SSSR count). The van der Waals surface area contributed by atoms with Gasteiger partial charge in [-0.25, -0.2) is 0 Å². The molecule has 0 saturated carbocycles. The molecule has 0 heterocycles. The summed E-state index contributed by atoms with van der Waals surface area (Å²) in [5, 5.41) is 0. The summed E-state index contributed by atoms with van der Waals surface area (Å²) in [4.78, 5) is 1.23. The van der Waals surface area contributed by atoms with Gasteiger partial charge >= 0.3 is 0 Å². The van der Waals surface area contributed by atoms with E-state index in [2.05, 4.69) is 52.3 Å². The summed E-state index contributed by atoms with van der Waals surface area (Å²) in [5.74, 6) is 1.88. The van der Waals surface area contributed by atoms with E-state index < -0.39 is 0 Å². The van der Waals surface area contributed by atoms with Crippen molar-refractivity contribution in [1.29, 1.82) is 0 Å². The van der Waals surface area contributed by atoms with Crippen LogP contribution in [0.1, 0.15) is 5.56 Å². The summed E-state index contributed by atoms with van der Waals surface area (Å²) < 4.78 is 6.32. The maximum Gasteiger partial charge on any atom is 0.119 e. The summed E-state index contributed by atoms with van der Waals surface area (Å²) in [6, 6.07) is 16.6. The number of rotatable bonds is 4. The molecule has 0 amide bonds. The van der Waals surface area contributed by atoms with Crippen LogP contribution < -0.4 is 4.74 Å². The third-order valence-electron chi connectivity index (χ3n) is 2.36. The van der Waals surface area contributed by atoms with E-state index in [9.17, 15) is 0 Å². The zero-order valence-corrected chi connectivity index (χ0v) is 11.9. The van der Waals surface area contributed by atoms with E-state index in [0.29, 0.717) is 0 Å². The Balaban J connectivity index is 1.99. The maximum atomic E-state index is 5.20. The molecule has 0 aliphatic rings. The highest BCUT2D eigenvalue weighted by Gasteiger charge is 1.98. The van der Waals surface area contributed by atoms with Gasteiger partial charge < -0.3 is 4.74 Å². The summed E-state index contributed by atoms with van der Waals surface area (Å²) in [6.45, 7) is 0. The Hall–Kier alpha value is -0.930. The fourth-order valence-electron chi connectivity index (χ4n) is 1.44. The van der Waals surface area contributed by atoms with Crippen molar-refractivity contribution in [2.45, 2.75) is 10.6 Å². The number of halogens is 1. The van der Waals surface area contributed by atoms with E-state index in [1.807, 2.05) is 23.9 Å². The average Bonchev–Trinajstić information content (AvgIpc) is 2.38. The van der Waals surface area contributed by atoms with Crippen LogP contribution in [0.3, 0.4) is 0 Å². The van der Waals surface area contributed by atoms with Crippen molar-refractivity contribution in [3.8, 4) is 5.75 Å². The van der Waals surface area contributed by atoms with Crippen molar-refractivity contribution in [3.05, 3.63) is 58.6 Å². The molecule has 17 heavy (non-hydrogen) atoms. The van der Waals surface area contributed by atoms with Gasteiger partial charge in [0.2, 0.25) is 0 Å². The Morgan fingerprint density at radius 2 is 1.88 bits per heavy atom. The van der Waals surface area contributed by atoms with Gasteiger partial charge in [-0.2, -0.15) is 0 Å². The van der Waals surface area contributed by atoms with Gasteiger partial charge in [0.1, 0.15) is 5.75 Å². The van der Waals surface area contributed by atoms with E-state index >= 15 is 0 Å². The topological polar surface area (TPSA) is 9.23 Å². The second-order valence-corrected chi connectivity index (χ2v) is 5.56. The Bertz CT molecular complexity index is 482. The first-order valence-electron chi connectivity index (χ1n) is 5.29. The SMILES string of the molecule is COc1cccc(SCc2ccc(Br)cc2)c1. The van der Waals surface area contributed by atoms with Gasteiger partial charge in [0.05, 0.1) is 7.11 Å². The molecule has 0 aromatic heterocycles. The van der Waals surface area contributed by atoms with E-state index in [1.54, 1.807) is 7.11 Å². The lowest BCUT2D eigenvalue weighted by Gasteiger charge is -2.04. The van der Waals surface area contributed by atoms with Gasteiger partial charge in [-0.15, -0.1) is 11.8 Å². The fraction of sp³-hybridized carbons (Fsp3) is 0.143. The highest BCUT2D eigenvalue weighted by atomic mass is 79.9. The molecule has 0 aliphatic heterocycles. The molecule has 2 aromatic carbocycles. The molecule has 0 radical (unpaired) electrons. The van der Waals surface area contributed by atoms with Crippen LogP contribution in [0.15, 0.2) is 57.9 Å². The van der Waals surface area contributed by atoms with Crippen molar-refractivity contribution in [2.24, 2.45) is 0 Å². The first kappa shape index (κ1) is 12.5. The average molecular weight is 309 g/mol. The second kappa shape index (κ2) is 6.12. The maximum absolute atomic E-state index is 5.20. The molecule has 0 saturated heterocycles. The van der Waals surface area contributed by atoms with E-state index in [4.69, 9.17) is 4.74 Å². The van der Waals surface area contributed by atoms with Crippen molar-refractivity contribution < 1.29 is 4.74 Å². The molecule has 0 bridgehead atoms. The van der Waals surface area contributed by atoms with Crippen LogP contribution in [-0.4, -0.2) is 7.11 Å². The molecule has 2 aromatic rings. The van der Waals surface area contributed by atoms with Crippen LogP contribution in [0.2, 0.25) is 0 Å². The van der Waals surface area contributed by atoms with E-state index in [-0.39, 0.29) is 0 Å². The molecule has 0 atom stereocenters. The fourth-order valence-corrected chi connectivity index (χ4v) is 2.60. The van der Waals surface area contributed by atoms with Crippen molar-refractivity contribution >= 4 is 27.7 Å². The standard InChI is InChI=1S/C14H13BrOS/c1-16-13-3-2-4-14(9-13)17-10-11-5-7-12(15)8-6-11/h2-9H,10H2,1H3. The van der Waals surface area contributed by atoms with Crippen LogP contribution >= 0.6 is 27.7 Å². The van der Waals surface area contributed by atoms with Crippen molar-refractivity contribution in [1.82, 2.24) is 0 Å². The molecule has 88 valence electrons. The lowest BCUT2D eigenvalue weighted by Crippen LogP contribution is -1.83. The lowest BCUT2D eigenvalue weighted by molar-refractivity contribution is 0.413. The molecular formula is C14H13BrOS. The van der Waals surface area contributed by atoms with E-state index in [1.165, 1.54) is 10.5 Å². The Morgan fingerprint density at radius 1 is 1.12 bits per heavy atom. The summed E-state index contributed by atoms with van der Waals surface area (Å²) >= 11 is 5.25. The van der Waals surface area contributed by atoms with Gasteiger partial charge in [-0.1, -0.05) is 34.1 Å². The number of benzene rings is 2. The molecular weight excluding hydrogens is 296 g/mol. The molecule has 0 fully saturated rings. The highest BCUT2D eigenvalue weighted by Crippen LogP contribution is 2.26. The van der Waals surface area contributed by atoms with Crippen LogP contribution in [-0.2, 0) is 5.75 Å². The number of ether oxygens (including phenoxy) is 1. The lowest BCUT2D eigenvalue weighted by atomic mass is 10.2. The van der Waals surface area contributed by atoms with Crippen molar-refractivity contribution in [3.63, 3.8) is 0 Å². The number of methoxy groups -OCH3 is 1. The molecule has 0 N–H and O–H groups in total. The first-order valence-corrected chi connectivity index (χ1v) is 7.07. The summed E-state index contributed by atoms with van der Waals surface area (Å²) in [6.07, 6.45) is 0. The van der Waals surface area contributed by atoms with Gasteiger partial charge in [0.25, 0.3) is 0 Å². The van der Waals surface area contributed by atoms with Crippen molar-refractivity contribution in [2.75, 3.05) is 7.11 Å². The summed E-state index contributed by atoms with van der Waals surface area (Å²) in [5.41, 5.74) is 1.32. The van der Waals surface area contributed by atoms with Gasteiger partial charge in [0, 0.05) is 15.1 Å². The molecule has 0 aliphatic carbocycles. The minimum absolute atomic E-state index is 0.908. The van der Waals surface area contributed by atoms with Crippen LogP contribution in [0, 0.1) is 0 Å². The normalized spacial score (nSPS) is 10.2. The number of hydrogen-bond donors (Lipinski definition) is 0. The predicted octanol–water partition coefficient (Wildman–Crippen LogP) is 4.75. The zero-order valence-electron chi connectivity index (χ0n) is 9.52. The van der Waals surface area contributed by atoms with Crippen LogP contribution in [0.4, 0.5) is 0 Å². The third kappa shape index (κ3) is 3.79. The first-order chi connectivity index (χ1) is 8.28. The minimum Gasteiger partial charge on any atom is -0.497 e. The quantitative estimate of drug-likeness (QED) is 0.754. The summed E-state index contributed by atoms with van der Waals surface area (Å²) in [7, 11) is 1.69. The Morgan fingerprint density at radius 3 is 2.59 bits per heavy atom. The third-order valence-corrected chi connectivity index (χ3v) is 3.95. The van der Waals surface area contributed by atoms with Crippen LogP contribution in [0.5, 0.6) is 5.75 Å². The Kier molecular flexibility index (Phi) is 4.51. The van der Waals surface area contributed by atoms with Crippen LogP contribution in [0.25, 0.3) is 0 Å². The molecule has 1 nitrogen and oxygen atoms in total.